The largest absolute Gasteiger partial charge is 0.264 e. The van der Waals surface area contributed by atoms with E-state index in [2.05, 4.69) is 9.71 Å². The van der Waals surface area contributed by atoms with Crippen molar-refractivity contribution in [3.63, 3.8) is 0 Å². The Balaban J connectivity index is 2.26. The van der Waals surface area contributed by atoms with Gasteiger partial charge in [-0.3, -0.25) is 4.98 Å². The first-order valence-electron chi connectivity index (χ1n) is 6.97. The van der Waals surface area contributed by atoms with Crippen molar-refractivity contribution in [2.24, 2.45) is 5.92 Å². The van der Waals surface area contributed by atoms with E-state index in [-0.39, 0.29) is 5.92 Å². The summed E-state index contributed by atoms with van der Waals surface area (Å²) in [4.78, 5) is 4.31. The molecule has 0 aliphatic rings. The van der Waals surface area contributed by atoms with Gasteiger partial charge in [0.15, 0.2) is 0 Å². The molecule has 2 rings (SSSR count). The van der Waals surface area contributed by atoms with Crippen LogP contribution in [0, 0.1) is 5.92 Å². The van der Waals surface area contributed by atoms with Gasteiger partial charge < -0.3 is 0 Å². The highest BCUT2D eigenvalue weighted by Crippen LogP contribution is 2.22. The summed E-state index contributed by atoms with van der Waals surface area (Å²) in [6.07, 6.45) is 4.97. The molecule has 1 unspecified atom stereocenters. The van der Waals surface area contributed by atoms with Crippen molar-refractivity contribution in [1.29, 1.82) is 0 Å². The number of rotatable bonds is 7. The molecule has 1 aromatic heterocycles. The molecule has 0 saturated carbocycles. The minimum absolute atomic E-state index is 0.258. The summed E-state index contributed by atoms with van der Waals surface area (Å²) >= 11 is 5.74. The van der Waals surface area contributed by atoms with Crippen molar-refractivity contribution >= 4 is 32.4 Å². The fourth-order valence-corrected chi connectivity index (χ4v) is 3.89. The average Bonchev–Trinajstić information content (AvgIpc) is 2.50. The number of nitrogens with zero attached hydrogens (tertiary/aromatic N) is 1. The van der Waals surface area contributed by atoms with E-state index in [0.29, 0.717) is 22.7 Å². The molecule has 0 aliphatic carbocycles. The summed E-state index contributed by atoms with van der Waals surface area (Å²) in [5.41, 5.74) is 0. The molecule has 1 atom stereocenters. The molecule has 0 spiro atoms. The van der Waals surface area contributed by atoms with Crippen molar-refractivity contribution in [3.05, 3.63) is 36.7 Å². The molecule has 1 heterocycles. The Morgan fingerprint density at radius 2 is 2.14 bits per heavy atom. The van der Waals surface area contributed by atoms with Crippen LogP contribution in [0.15, 0.2) is 41.6 Å². The summed E-state index contributed by atoms with van der Waals surface area (Å²) in [6.45, 7) is 2.45. The first-order chi connectivity index (χ1) is 10.1. The third kappa shape index (κ3) is 3.93. The van der Waals surface area contributed by atoms with Crippen molar-refractivity contribution < 1.29 is 8.42 Å². The predicted octanol–water partition coefficient (Wildman–Crippen LogP) is 3.17. The standard InChI is InChI=1S/C15H19ClN2O2S/c1-2-12(6-8-16)10-18-21(19,20)15-5-3-4-13-11-17-9-7-14(13)15/h3-5,7,9,11-12,18H,2,6,8,10H2,1H3. The summed E-state index contributed by atoms with van der Waals surface area (Å²) in [6, 6.07) is 6.92. The van der Waals surface area contributed by atoms with Crippen molar-refractivity contribution in [1.82, 2.24) is 9.71 Å². The Bertz CT molecular complexity index is 698. The molecule has 0 bridgehead atoms. The van der Waals surface area contributed by atoms with Crippen LogP contribution >= 0.6 is 11.6 Å². The molecule has 4 nitrogen and oxygen atoms in total. The highest BCUT2D eigenvalue weighted by atomic mass is 35.5. The first kappa shape index (κ1) is 16.2. The molecule has 21 heavy (non-hydrogen) atoms. The molecular formula is C15H19ClN2O2S. The van der Waals surface area contributed by atoms with Crippen LogP contribution in [-0.2, 0) is 10.0 Å². The summed E-state index contributed by atoms with van der Waals surface area (Å²) in [5.74, 6) is 0.800. The zero-order chi connectivity index (χ0) is 15.3. The number of fused-ring (bicyclic) bond motifs is 1. The third-order valence-electron chi connectivity index (χ3n) is 3.59. The Kier molecular flexibility index (Phi) is 5.56. The lowest BCUT2D eigenvalue weighted by atomic mass is 10.0. The summed E-state index contributed by atoms with van der Waals surface area (Å²) < 4.78 is 27.7. The van der Waals surface area contributed by atoms with Gasteiger partial charge in [-0.15, -0.1) is 11.6 Å². The van der Waals surface area contributed by atoms with Crippen LogP contribution in [0.4, 0.5) is 0 Å². The average molecular weight is 327 g/mol. The molecule has 0 saturated heterocycles. The molecule has 0 aliphatic heterocycles. The minimum Gasteiger partial charge on any atom is -0.264 e. The lowest BCUT2D eigenvalue weighted by Gasteiger charge is -2.15. The van der Waals surface area contributed by atoms with Crippen molar-refractivity contribution in [2.45, 2.75) is 24.7 Å². The first-order valence-corrected chi connectivity index (χ1v) is 8.98. The van der Waals surface area contributed by atoms with E-state index in [1.165, 1.54) is 0 Å². The predicted molar refractivity (Wildman–Crippen MR) is 86.0 cm³/mol. The number of hydrogen-bond acceptors (Lipinski definition) is 3. The monoisotopic (exact) mass is 326 g/mol. The van der Waals surface area contributed by atoms with Crippen LogP contribution < -0.4 is 4.72 Å². The maximum atomic E-state index is 12.5. The Morgan fingerprint density at radius 1 is 1.33 bits per heavy atom. The second-order valence-electron chi connectivity index (χ2n) is 4.96. The van der Waals surface area contributed by atoms with Gasteiger partial charge in [-0.05, 0) is 24.5 Å². The maximum absolute atomic E-state index is 12.5. The van der Waals surface area contributed by atoms with E-state index < -0.39 is 10.0 Å². The second-order valence-corrected chi connectivity index (χ2v) is 7.07. The van der Waals surface area contributed by atoms with E-state index in [4.69, 9.17) is 11.6 Å². The van der Waals surface area contributed by atoms with Crippen LogP contribution in [0.3, 0.4) is 0 Å². The molecule has 114 valence electrons. The maximum Gasteiger partial charge on any atom is 0.241 e. The topological polar surface area (TPSA) is 59.1 Å². The zero-order valence-corrected chi connectivity index (χ0v) is 13.5. The Labute approximate surface area is 130 Å². The summed E-state index contributed by atoms with van der Waals surface area (Å²) in [5, 5.41) is 1.50. The van der Waals surface area contributed by atoms with Crippen LogP contribution in [0.1, 0.15) is 19.8 Å². The number of nitrogens with one attached hydrogen (secondary N) is 1. The van der Waals surface area contributed by atoms with Crippen molar-refractivity contribution in [2.75, 3.05) is 12.4 Å². The minimum atomic E-state index is -3.53. The zero-order valence-electron chi connectivity index (χ0n) is 11.9. The van der Waals surface area contributed by atoms with Gasteiger partial charge in [-0.1, -0.05) is 25.5 Å². The molecule has 1 aromatic carbocycles. The number of alkyl halides is 1. The van der Waals surface area contributed by atoms with Gasteiger partial charge in [0.2, 0.25) is 10.0 Å². The van der Waals surface area contributed by atoms with Gasteiger partial charge in [0, 0.05) is 35.6 Å². The van der Waals surface area contributed by atoms with E-state index in [0.717, 1.165) is 18.2 Å². The SMILES string of the molecule is CCC(CCCl)CNS(=O)(=O)c1cccc2cnccc12. The number of pyridine rings is 1. The lowest BCUT2D eigenvalue weighted by Crippen LogP contribution is -2.29. The Morgan fingerprint density at radius 3 is 2.86 bits per heavy atom. The Hall–Kier alpha value is -1.17. The van der Waals surface area contributed by atoms with Crippen LogP contribution in [0.5, 0.6) is 0 Å². The molecular weight excluding hydrogens is 308 g/mol. The smallest absolute Gasteiger partial charge is 0.241 e. The van der Waals surface area contributed by atoms with Crippen LogP contribution in [0.2, 0.25) is 0 Å². The quantitative estimate of drug-likeness (QED) is 0.795. The number of hydrogen-bond donors (Lipinski definition) is 1. The molecule has 0 amide bonds. The van der Waals surface area contributed by atoms with E-state index in [1.54, 1.807) is 30.6 Å². The number of aromatic nitrogens is 1. The van der Waals surface area contributed by atoms with Gasteiger partial charge in [0.05, 0.1) is 4.90 Å². The van der Waals surface area contributed by atoms with E-state index in [1.807, 2.05) is 13.0 Å². The van der Waals surface area contributed by atoms with Gasteiger partial charge in [0.1, 0.15) is 0 Å². The number of benzene rings is 1. The number of halogens is 1. The van der Waals surface area contributed by atoms with Gasteiger partial charge >= 0.3 is 0 Å². The fourth-order valence-electron chi connectivity index (χ4n) is 2.24. The van der Waals surface area contributed by atoms with Crippen LogP contribution in [0.25, 0.3) is 10.8 Å². The normalized spacial score (nSPS) is 13.4. The lowest BCUT2D eigenvalue weighted by molar-refractivity contribution is 0.481. The summed E-state index contributed by atoms with van der Waals surface area (Å²) in [7, 11) is -3.53. The van der Waals surface area contributed by atoms with Gasteiger partial charge in [0.25, 0.3) is 0 Å². The molecule has 1 N–H and O–H groups in total. The van der Waals surface area contributed by atoms with Gasteiger partial charge in [-0.25, -0.2) is 13.1 Å². The highest BCUT2D eigenvalue weighted by molar-refractivity contribution is 7.89. The molecule has 2 aromatic rings. The number of sulfonamides is 1. The molecule has 6 heteroatoms. The molecule has 0 fully saturated rings. The van der Waals surface area contributed by atoms with Gasteiger partial charge in [-0.2, -0.15) is 0 Å². The van der Waals surface area contributed by atoms with Crippen molar-refractivity contribution in [3.8, 4) is 0 Å². The van der Waals surface area contributed by atoms with E-state index >= 15 is 0 Å². The fraction of sp³-hybridized carbons (Fsp3) is 0.400. The third-order valence-corrected chi connectivity index (χ3v) is 5.29. The highest BCUT2D eigenvalue weighted by Gasteiger charge is 2.18. The van der Waals surface area contributed by atoms with E-state index in [9.17, 15) is 8.42 Å². The second kappa shape index (κ2) is 7.20. The van der Waals surface area contributed by atoms with Crippen LogP contribution in [-0.4, -0.2) is 25.8 Å². The molecule has 0 radical (unpaired) electrons.